The van der Waals surface area contributed by atoms with E-state index in [-0.39, 0.29) is 0 Å². The summed E-state index contributed by atoms with van der Waals surface area (Å²) in [6.07, 6.45) is 0.878. The molecule has 1 atom stereocenters. The van der Waals surface area contributed by atoms with Crippen LogP contribution in [-0.2, 0) is 9.53 Å². The molecule has 0 aliphatic rings. The van der Waals surface area contributed by atoms with Crippen molar-refractivity contribution in [3.05, 3.63) is 35.9 Å². The molecule has 2 heteroatoms. The van der Waals surface area contributed by atoms with Gasteiger partial charge in [-0.15, -0.1) is 0 Å². The fourth-order valence-corrected chi connectivity index (χ4v) is 1.24. The van der Waals surface area contributed by atoms with Gasteiger partial charge in [-0.3, -0.25) is 4.79 Å². The minimum Gasteiger partial charge on any atom is -0.468 e. The number of carbonyl (C=O) groups is 1. The van der Waals surface area contributed by atoms with Crippen molar-refractivity contribution in [3.8, 4) is 0 Å². The predicted octanol–water partition coefficient (Wildman–Crippen LogP) is 2.35. The van der Waals surface area contributed by atoms with Gasteiger partial charge in [0.05, 0.1) is 6.61 Å². The van der Waals surface area contributed by atoms with Crippen molar-refractivity contribution >= 4 is 6.47 Å². The predicted molar refractivity (Wildman–Crippen MR) is 51.5 cm³/mol. The van der Waals surface area contributed by atoms with Crippen molar-refractivity contribution in [2.45, 2.75) is 19.3 Å². The molecule has 0 saturated carbocycles. The lowest BCUT2D eigenvalue weighted by Crippen LogP contribution is -1.99. The Labute approximate surface area is 78.5 Å². The Balaban J connectivity index is 2.39. The van der Waals surface area contributed by atoms with Crippen LogP contribution in [0.1, 0.15) is 24.8 Å². The minimum atomic E-state index is 0.446. The molecular formula is C11H14O2. The normalized spacial score (nSPS) is 12.1. The molecule has 0 saturated heterocycles. The molecule has 0 radical (unpaired) electrons. The summed E-state index contributed by atoms with van der Waals surface area (Å²) in [6.45, 7) is 3.13. The lowest BCUT2D eigenvalue weighted by molar-refractivity contribution is -0.128. The Morgan fingerprint density at radius 3 is 2.69 bits per heavy atom. The lowest BCUT2D eigenvalue weighted by atomic mass is 9.98. The molecule has 70 valence electrons. The van der Waals surface area contributed by atoms with E-state index in [4.69, 9.17) is 0 Å². The Hall–Kier alpha value is -1.31. The smallest absolute Gasteiger partial charge is 0.293 e. The highest BCUT2D eigenvalue weighted by atomic mass is 16.5. The van der Waals surface area contributed by atoms with Gasteiger partial charge in [0.1, 0.15) is 0 Å². The minimum absolute atomic E-state index is 0.446. The van der Waals surface area contributed by atoms with Gasteiger partial charge in [0, 0.05) is 0 Å². The van der Waals surface area contributed by atoms with E-state index in [0.717, 1.165) is 6.42 Å². The van der Waals surface area contributed by atoms with Gasteiger partial charge < -0.3 is 4.74 Å². The van der Waals surface area contributed by atoms with Crippen LogP contribution in [-0.4, -0.2) is 13.1 Å². The second-order valence-electron chi connectivity index (χ2n) is 3.07. The summed E-state index contributed by atoms with van der Waals surface area (Å²) >= 11 is 0. The molecule has 0 bridgehead atoms. The maximum absolute atomic E-state index is 9.90. The average Bonchev–Trinajstić information content (AvgIpc) is 2.19. The lowest BCUT2D eigenvalue weighted by Gasteiger charge is -2.10. The molecule has 2 nitrogen and oxygen atoms in total. The molecule has 0 aliphatic carbocycles. The zero-order valence-electron chi connectivity index (χ0n) is 7.77. The quantitative estimate of drug-likeness (QED) is 0.511. The molecule has 0 amide bonds. The van der Waals surface area contributed by atoms with Crippen LogP contribution in [0.3, 0.4) is 0 Å². The molecule has 1 rings (SSSR count). The zero-order chi connectivity index (χ0) is 9.52. The first-order chi connectivity index (χ1) is 6.34. The van der Waals surface area contributed by atoms with Crippen LogP contribution >= 0.6 is 0 Å². The van der Waals surface area contributed by atoms with Gasteiger partial charge in [0.25, 0.3) is 6.47 Å². The second-order valence-corrected chi connectivity index (χ2v) is 3.07. The van der Waals surface area contributed by atoms with Gasteiger partial charge in [0.2, 0.25) is 0 Å². The van der Waals surface area contributed by atoms with Crippen LogP contribution in [0.2, 0.25) is 0 Å². The Bertz CT molecular complexity index is 244. The van der Waals surface area contributed by atoms with E-state index in [1.807, 2.05) is 18.2 Å². The first kappa shape index (κ1) is 9.78. The van der Waals surface area contributed by atoms with Gasteiger partial charge in [-0.1, -0.05) is 37.3 Å². The summed E-state index contributed by atoms with van der Waals surface area (Å²) in [5.74, 6) is 0.446. The van der Waals surface area contributed by atoms with E-state index in [2.05, 4.69) is 23.8 Å². The number of hydrogen-bond acceptors (Lipinski definition) is 2. The standard InChI is InChI=1S/C11H14O2/c1-10(7-8-13-9-12)11-5-3-2-4-6-11/h2-6,9-10H,7-8H2,1H3. The van der Waals surface area contributed by atoms with Gasteiger partial charge >= 0.3 is 0 Å². The highest BCUT2D eigenvalue weighted by molar-refractivity contribution is 5.36. The largest absolute Gasteiger partial charge is 0.468 e. The molecule has 0 aromatic heterocycles. The second kappa shape index (κ2) is 5.36. The van der Waals surface area contributed by atoms with E-state index in [0.29, 0.717) is 19.0 Å². The molecule has 0 fully saturated rings. The summed E-state index contributed by atoms with van der Waals surface area (Å²) in [5.41, 5.74) is 1.29. The van der Waals surface area contributed by atoms with Crippen LogP contribution in [0, 0.1) is 0 Å². The third-order valence-corrected chi connectivity index (χ3v) is 2.11. The summed E-state index contributed by atoms with van der Waals surface area (Å²) in [7, 11) is 0. The first-order valence-electron chi connectivity index (χ1n) is 4.45. The van der Waals surface area contributed by atoms with Crippen LogP contribution in [0.5, 0.6) is 0 Å². The van der Waals surface area contributed by atoms with Crippen molar-refractivity contribution in [1.29, 1.82) is 0 Å². The monoisotopic (exact) mass is 178 g/mol. The molecule has 13 heavy (non-hydrogen) atoms. The topological polar surface area (TPSA) is 26.3 Å². The Morgan fingerprint density at radius 2 is 2.08 bits per heavy atom. The summed E-state index contributed by atoms with van der Waals surface area (Å²) < 4.78 is 4.65. The van der Waals surface area contributed by atoms with E-state index >= 15 is 0 Å². The highest BCUT2D eigenvalue weighted by Crippen LogP contribution is 2.17. The van der Waals surface area contributed by atoms with Gasteiger partial charge in [-0.05, 0) is 17.9 Å². The van der Waals surface area contributed by atoms with Gasteiger partial charge in [-0.2, -0.15) is 0 Å². The van der Waals surface area contributed by atoms with Crippen molar-refractivity contribution in [1.82, 2.24) is 0 Å². The summed E-state index contributed by atoms with van der Waals surface area (Å²) in [4.78, 5) is 9.90. The molecule has 1 aromatic rings. The molecule has 0 aliphatic heterocycles. The number of benzene rings is 1. The molecule has 1 aromatic carbocycles. The fourth-order valence-electron chi connectivity index (χ4n) is 1.24. The number of rotatable bonds is 5. The maximum Gasteiger partial charge on any atom is 0.293 e. The van der Waals surface area contributed by atoms with Crippen molar-refractivity contribution in [2.75, 3.05) is 6.61 Å². The Morgan fingerprint density at radius 1 is 1.38 bits per heavy atom. The van der Waals surface area contributed by atoms with Crippen LogP contribution < -0.4 is 0 Å². The third-order valence-electron chi connectivity index (χ3n) is 2.11. The van der Waals surface area contributed by atoms with E-state index < -0.39 is 0 Å². The zero-order valence-corrected chi connectivity index (χ0v) is 7.77. The van der Waals surface area contributed by atoms with Gasteiger partial charge in [0.15, 0.2) is 0 Å². The van der Waals surface area contributed by atoms with Crippen LogP contribution in [0.25, 0.3) is 0 Å². The maximum atomic E-state index is 9.90. The van der Waals surface area contributed by atoms with E-state index in [9.17, 15) is 4.79 Å². The summed E-state index contributed by atoms with van der Waals surface area (Å²) in [6, 6.07) is 10.2. The summed E-state index contributed by atoms with van der Waals surface area (Å²) in [5, 5.41) is 0. The van der Waals surface area contributed by atoms with Crippen molar-refractivity contribution in [2.24, 2.45) is 0 Å². The van der Waals surface area contributed by atoms with Crippen LogP contribution in [0.4, 0.5) is 0 Å². The Kier molecular flexibility index (Phi) is 4.03. The van der Waals surface area contributed by atoms with E-state index in [1.54, 1.807) is 0 Å². The van der Waals surface area contributed by atoms with Crippen molar-refractivity contribution < 1.29 is 9.53 Å². The van der Waals surface area contributed by atoms with Gasteiger partial charge in [-0.25, -0.2) is 0 Å². The third kappa shape index (κ3) is 3.28. The molecule has 0 heterocycles. The van der Waals surface area contributed by atoms with Crippen molar-refractivity contribution in [3.63, 3.8) is 0 Å². The SMILES string of the molecule is CC(CCOC=O)c1ccccc1. The van der Waals surface area contributed by atoms with Crippen LogP contribution in [0.15, 0.2) is 30.3 Å². The van der Waals surface area contributed by atoms with E-state index in [1.165, 1.54) is 5.56 Å². The molecule has 0 N–H and O–H groups in total. The molecular weight excluding hydrogens is 164 g/mol. The fraction of sp³-hybridized carbons (Fsp3) is 0.364. The molecule has 0 spiro atoms. The first-order valence-corrected chi connectivity index (χ1v) is 4.45. The molecule has 1 unspecified atom stereocenters. The number of hydrogen-bond donors (Lipinski definition) is 0. The highest BCUT2D eigenvalue weighted by Gasteiger charge is 2.03. The number of carbonyl (C=O) groups excluding carboxylic acids is 1. The number of ether oxygens (including phenoxy) is 1. The average molecular weight is 178 g/mol.